The van der Waals surface area contributed by atoms with Gasteiger partial charge < -0.3 is 14.2 Å². The molecular weight excluding hydrogens is 585 g/mol. The Morgan fingerprint density at radius 2 is 1.84 bits per heavy atom. The topological polar surface area (TPSA) is 78.1 Å². The van der Waals surface area contributed by atoms with E-state index in [9.17, 15) is 35.5 Å². The number of aromatic nitrogens is 5. The first-order valence-corrected chi connectivity index (χ1v) is 13.2. The van der Waals surface area contributed by atoms with E-state index in [0.29, 0.717) is 21.8 Å². The van der Waals surface area contributed by atoms with Crippen LogP contribution >= 0.6 is 0 Å². The number of hydrogen-bond acceptors (Lipinski definition) is 5. The highest BCUT2D eigenvalue weighted by molar-refractivity contribution is 6.01. The molecule has 6 rings (SSSR count). The maximum atomic E-state index is 14.6. The van der Waals surface area contributed by atoms with Crippen molar-refractivity contribution in [3.8, 4) is 22.7 Å². The van der Waals surface area contributed by atoms with E-state index in [0.717, 1.165) is 6.07 Å². The summed E-state index contributed by atoms with van der Waals surface area (Å²) < 4.78 is 102. The molecule has 0 N–H and O–H groups in total. The first-order valence-electron chi connectivity index (χ1n) is 13.2. The molecule has 0 radical (unpaired) electrons. The fourth-order valence-corrected chi connectivity index (χ4v) is 5.62. The number of alkyl halides is 6. The number of carbonyl (C=O) groups excluding carboxylic acids is 1. The molecule has 1 spiro atoms. The van der Waals surface area contributed by atoms with Crippen LogP contribution in [0.15, 0.2) is 55.1 Å². The van der Waals surface area contributed by atoms with E-state index in [1.807, 2.05) is 0 Å². The summed E-state index contributed by atoms with van der Waals surface area (Å²) in [7, 11) is 0. The minimum Gasteiger partial charge on any atom is -0.482 e. The van der Waals surface area contributed by atoms with Crippen LogP contribution in [-0.4, -0.2) is 56.0 Å². The number of amides is 1. The first-order chi connectivity index (χ1) is 20.2. The molecule has 43 heavy (non-hydrogen) atoms. The third kappa shape index (κ3) is 5.55. The lowest BCUT2D eigenvalue weighted by Crippen LogP contribution is -2.43. The second kappa shape index (κ2) is 10.1. The predicted octanol–water partition coefficient (Wildman–Crippen LogP) is 5.99. The van der Waals surface area contributed by atoms with Gasteiger partial charge in [0.2, 0.25) is 5.91 Å². The van der Waals surface area contributed by atoms with E-state index in [1.54, 1.807) is 19.2 Å². The van der Waals surface area contributed by atoms with Crippen LogP contribution < -0.4 is 9.64 Å². The first kappa shape index (κ1) is 28.7. The van der Waals surface area contributed by atoms with Gasteiger partial charge in [0.05, 0.1) is 41.0 Å². The normalized spacial score (nSPS) is 20.3. The van der Waals surface area contributed by atoms with Crippen LogP contribution in [0.3, 0.4) is 0 Å². The SMILES string of the molecule is Cc1cn(-c2ccc(-c3cn(C4CC45CCc4c(F)cccc4N(CC(F)(F)F)C5=O)nn3)cc2OCC(F)(F)F)cn1. The zero-order valence-corrected chi connectivity index (χ0v) is 22.5. The lowest BCUT2D eigenvalue weighted by atomic mass is 9.96. The number of benzene rings is 2. The van der Waals surface area contributed by atoms with Gasteiger partial charge in [-0.25, -0.2) is 14.1 Å². The third-order valence-electron chi connectivity index (χ3n) is 7.72. The molecule has 3 heterocycles. The van der Waals surface area contributed by atoms with Crippen molar-refractivity contribution < 1.29 is 40.3 Å². The van der Waals surface area contributed by atoms with Crippen molar-refractivity contribution in [3.63, 3.8) is 0 Å². The van der Waals surface area contributed by atoms with Gasteiger partial charge in [-0.1, -0.05) is 17.3 Å². The third-order valence-corrected chi connectivity index (χ3v) is 7.72. The maximum absolute atomic E-state index is 14.6. The summed E-state index contributed by atoms with van der Waals surface area (Å²) in [4.78, 5) is 18.3. The van der Waals surface area contributed by atoms with E-state index >= 15 is 0 Å². The number of nitrogens with zero attached hydrogens (tertiary/aromatic N) is 6. The van der Waals surface area contributed by atoms with Gasteiger partial charge in [0.25, 0.3) is 0 Å². The quantitative estimate of drug-likeness (QED) is 0.251. The van der Waals surface area contributed by atoms with Crippen molar-refractivity contribution in [1.82, 2.24) is 24.5 Å². The van der Waals surface area contributed by atoms with E-state index in [2.05, 4.69) is 15.3 Å². The Bertz CT molecular complexity index is 1700. The summed E-state index contributed by atoms with van der Waals surface area (Å²) in [5, 5.41) is 8.21. The van der Waals surface area contributed by atoms with Gasteiger partial charge in [0.15, 0.2) is 6.61 Å². The monoisotopic (exact) mass is 608 g/mol. The smallest absolute Gasteiger partial charge is 0.422 e. The number of rotatable bonds is 6. The van der Waals surface area contributed by atoms with Gasteiger partial charge in [-0.05, 0) is 50.5 Å². The number of hydrogen-bond donors (Lipinski definition) is 0. The molecule has 2 aromatic heterocycles. The molecule has 1 saturated carbocycles. The van der Waals surface area contributed by atoms with Gasteiger partial charge in [0, 0.05) is 17.3 Å². The second-order valence-corrected chi connectivity index (χ2v) is 10.7. The summed E-state index contributed by atoms with van der Waals surface area (Å²) >= 11 is 0. The van der Waals surface area contributed by atoms with E-state index < -0.39 is 48.7 Å². The summed E-state index contributed by atoms with van der Waals surface area (Å²) in [6.07, 6.45) is -4.46. The lowest BCUT2D eigenvalue weighted by molar-refractivity contribution is -0.153. The average Bonchev–Trinajstić information content (AvgIpc) is 3.24. The number of halogens is 7. The Balaban J connectivity index is 1.30. The summed E-state index contributed by atoms with van der Waals surface area (Å²) in [5.41, 5.74) is 0.230. The van der Waals surface area contributed by atoms with Gasteiger partial charge in [-0.2, -0.15) is 26.3 Å². The minimum atomic E-state index is -4.72. The largest absolute Gasteiger partial charge is 0.482 e. The molecule has 2 atom stereocenters. The molecule has 0 bridgehead atoms. The second-order valence-electron chi connectivity index (χ2n) is 10.7. The van der Waals surface area contributed by atoms with Crippen LogP contribution in [0.4, 0.5) is 36.4 Å². The Labute approximate surface area is 239 Å². The van der Waals surface area contributed by atoms with Crippen molar-refractivity contribution in [2.45, 2.75) is 44.6 Å². The summed E-state index contributed by atoms with van der Waals surface area (Å²) in [5.74, 6) is -1.56. The van der Waals surface area contributed by atoms with E-state index in [4.69, 9.17) is 4.74 Å². The van der Waals surface area contributed by atoms with Gasteiger partial charge in [-0.15, -0.1) is 5.10 Å². The van der Waals surface area contributed by atoms with Crippen molar-refractivity contribution >= 4 is 11.6 Å². The maximum Gasteiger partial charge on any atom is 0.422 e. The predicted molar refractivity (Wildman–Crippen MR) is 138 cm³/mol. The van der Waals surface area contributed by atoms with Crippen LogP contribution in [0, 0.1) is 18.2 Å². The lowest BCUT2D eigenvalue weighted by Gasteiger charge is -2.27. The average molecular weight is 609 g/mol. The van der Waals surface area contributed by atoms with E-state index in [-0.39, 0.29) is 42.0 Å². The Kier molecular flexibility index (Phi) is 6.73. The molecule has 4 aromatic rings. The van der Waals surface area contributed by atoms with Crippen LogP contribution in [0.25, 0.3) is 16.9 Å². The number of carbonyl (C=O) groups is 1. The molecule has 1 amide bonds. The van der Waals surface area contributed by atoms with Crippen molar-refractivity contribution in [2.75, 3.05) is 18.1 Å². The van der Waals surface area contributed by atoms with Crippen LogP contribution in [0.1, 0.15) is 30.1 Å². The van der Waals surface area contributed by atoms with Gasteiger partial charge in [-0.3, -0.25) is 4.79 Å². The molecule has 2 aromatic carbocycles. The Hall–Kier alpha value is -4.43. The van der Waals surface area contributed by atoms with Crippen molar-refractivity contribution in [1.29, 1.82) is 0 Å². The number of ether oxygens (including phenoxy) is 1. The number of imidazole rings is 1. The molecule has 15 heteroatoms. The molecular formula is C28H23F7N6O2. The summed E-state index contributed by atoms with van der Waals surface area (Å²) in [6, 6.07) is 7.58. The zero-order chi connectivity index (χ0) is 30.7. The Morgan fingerprint density at radius 1 is 1.05 bits per heavy atom. The zero-order valence-electron chi connectivity index (χ0n) is 22.5. The molecule has 8 nitrogen and oxygen atoms in total. The molecule has 2 unspecified atom stereocenters. The number of fused-ring (bicyclic) bond motifs is 1. The van der Waals surface area contributed by atoms with Crippen molar-refractivity contribution in [2.24, 2.45) is 5.41 Å². The molecule has 1 aliphatic heterocycles. The van der Waals surface area contributed by atoms with Gasteiger partial charge in [0.1, 0.15) is 23.8 Å². The highest BCUT2D eigenvalue weighted by Gasteiger charge is 2.64. The molecule has 226 valence electrons. The van der Waals surface area contributed by atoms with Crippen LogP contribution in [0.5, 0.6) is 5.75 Å². The Morgan fingerprint density at radius 3 is 2.53 bits per heavy atom. The molecule has 1 aliphatic carbocycles. The van der Waals surface area contributed by atoms with Crippen LogP contribution in [0.2, 0.25) is 0 Å². The van der Waals surface area contributed by atoms with E-state index in [1.165, 1.54) is 46.0 Å². The standard InChI is InChI=1S/C28H23F7N6O2/c1-16-11-39(15-36-16)22-6-5-17(9-23(22)43-14-28(33,34)35)20-12-41(38-37-20)24-10-26(24)8-7-18-19(29)3-2-4-21(18)40(25(26)42)13-27(30,31)32/h2-6,9,11-12,15,24H,7-8,10,13-14H2,1H3. The minimum absolute atomic E-state index is 0.0430. The highest BCUT2D eigenvalue weighted by atomic mass is 19.4. The highest BCUT2D eigenvalue weighted by Crippen LogP contribution is 2.62. The number of aryl methyl sites for hydroxylation is 1. The fraction of sp³-hybridized carbons (Fsp3) is 0.357. The van der Waals surface area contributed by atoms with Crippen molar-refractivity contribution in [3.05, 3.63) is 72.2 Å². The molecule has 0 saturated heterocycles. The summed E-state index contributed by atoms with van der Waals surface area (Å²) in [6.45, 7) is -1.38. The van der Waals surface area contributed by atoms with Crippen LogP contribution in [-0.2, 0) is 11.2 Å². The molecule has 1 fully saturated rings. The molecule has 2 aliphatic rings. The van der Waals surface area contributed by atoms with Gasteiger partial charge >= 0.3 is 12.4 Å². The fourth-order valence-electron chi connectivity index (χ4n) is 5.62. The number of anilines is 1.